The van der Waals surface area contributed by atoms with Crippen molar-refractivity contribution in [3.8, 4) is 11.5 Å². The van der Waals surface area contributed by atoms with Crippen molar-refractivity contribution in [2.45, 2.75) is 18.2 Å². The number of azo groups is 1. The number of aryl methyl sites for hydroxylation is 1. The van der Waals surface area contributed by atoms with Gasteiger partial charge in [0.1, 0.15) is 22.0 Å². The molecule has 3 N–H and O–H groups in total. The number of halogens is 2. The minimum atomic E-state index is -4.63. The Morgan fingerprint density at radius 1 is 1.05 bits per heavy atom. The number of nitrogens with zero attached hydrogens (tertiary/aromatic N) is 2. The molecule has 1 amide bonds. The van der Waals surface area contributed by atoms with Crippen molar-refractivity contribution < 1.29 is 27.6 Å². The summed E-state index contributed by atoms with van der Waals surface area (Å²) in [7, 11) is -3.19. The topological polar surface area (TPSA) is 138 Å². The SMILES string of the molecule is CCc1cc(N=Nc2c(O)c(C(=O)Nc3cc(Cl)ccc3OC)cc3ccccc23)c(Cl)c(S(=O)(=O)O)c1. The number of aromatic hydroxyl groups is 1. The molecule has 0 radical (unpaired) electrons. The Balaban J connectivity index is 1.84. The third kappa shape index (κ3) is 5.58. The number of fused-ring (bicyclic) bond motifs is 1. The molecule has 4 aromatic carbocycles. The molecule has 38 heavy (non-hydrogen) atoms. The van der Waals surface area contributed by atoms with Crippen LogP contribution in [0.15, 0.2) is 75.8 Å². The Labute approximate surface area is 228 Å². The van der Waals surface area contributed by atoms with E-state index in [0.29, 0.717) is 39.2 Å². The summed E-state index contributed by atoms with van der Waals surface area (Å²) in [6.45, 7) is 1.79. The van der Waals surface area contributed by atoms with Crippen molar-refractivity contribution in [3.63, 3.8) is 0 Å². The van der Waals surface area contributed by atoms with Crippen LogP contribution in [-0.2, 0) is 16.5 Å². The number of nitrogens with one attached hydrogen (secondary N) is 1. The first kappa shape index (κ1) is 27.3. The molecule has 0 unspecified atom stereocenters. The van der Waals surface area contributed by atoms with Crippen molar-refractivity contribution in [1.82, 2.24) is 0 Å². The lowest BCUT2D eigenvalue weighted by Gasteiger charge is -2.13. The van der Waals surface area contributed by atoms with Gasteiger partial charge in [-0.25, -0.2) is 0 Å². The van der Waals surface area contributed by atoms with Crippen LogP contribution in [0.25, 0.3) is 10.8 Å². The molecule has 0 bridgehead atoms. The van der Waals surface area contributed by atoms with Crippen molar-refractivity contribution in [2.24, 2.45) is 10.2 Å². The summed E-state index contributed by atoms with van der Waals surface area (Å²) >= 11 is 12.3. The van der Waals surface area contributed by atoms with Crippen LogP contribution in [0.2, 0.25) is 10.0 Å². The Morgan fingerprint density at radius 3 is 2.47 bits per heavy atom. The number of amides is 1. The molecule has 0 aliphatic heterocycles. The summed E-state index contributed by atoms with van der Waals surface area (Å²) < 4.78 is 38.5. The predicted molar refractivity (Wildman–Crippen MR) is 146 cm³/mol. The minimum Gasteiger partial charge on any atom is -0.505 e. The fourth-order valence-corrected chi connectivity index (χ4v) is 5.01. The smallest absolute Gasteiger partial charge is 0.296 e. The number of phenolic OH excluding ortho intramolecular Hbond substituents is 1. The van der Waals surface area contributed by atoms with E-state index in [2.05, 4.69) is 15.5 Å². The fourth-order valence-electron chi connectivity index (χ4n) is 3.77. The fraction of sp³-hybridized carbons (Fsp3) is 0.115. The molecule has 0 heterocycles. The summed E-state index contributed by atoms with van der Waals surface area (Å²) in [5.41, 5.74) is 0.639. The highest BCUT2D eigenvalue weighted by Crippen LogP contribution is 2.41. The largest absolute Gasteiger partial charge is 0.505 e. The summed E-state index contributed by atoms with van der Waals surface area (Å²) in [5, 5.41) is 23.1. The van der Waals surface area contributed by atoms with Crippen molar-refractivity contribution in [3.05, 3.63) is 81.8 Å². The zero-order valence-electron chi connectivity index (χ0n) is 20.1. The van der Waals surface area contributed by atoms with E-state index in [1.54, 1.807) is 43.3 Å². The van der Waals surface area contributed by atoms with Gasteiger partial charge in [-0.15, -0.1) is 10.2 Å². The van der Waals surface area contributed by atoms with E-state index in [9.17, 15) is 22.9 Å². The maximum Gasteiger partial charge on any atom is 0.296 e. The average molecular weight is 574 g/mol. The molecule has 0 atom stereocenters. The van der Waals surface area contributed by atoms with Crippen LogP contribution < -0.4 is 10.1 Å². The van der Waals surface area contributed by atoms with E-state index in [1.807, 2.05) is 0 Å². The van der Waals surface area contributed by atoms with Crippen LogP contribution in [0, 0.1) is 0 Å². The molecular weight excluding hydrogens is 553 g/mol. The van der Waals surface area contributed by atoms with Crippen molar-refractivity contribution in [1.29, 1.82) is 0 Å². The number of hydrogen-bond donors (Lipinski definition) is 3. The Hall–Kier alpha value is -3.70. The average Bonchev–Trinajstić information content (AvgIpc) is 2.88. The van der Waals surface area contributed by atoms with Gasteiger partial charge in [-0.3, -0.25) is 9.35 Å². The van der Waals surface area contributed by atoms with Crippen LogP contribution in [0.1, 0.15) is 22.8 Å². The summed E-state index contributed by atoms with van der Waals surface area (Å²) in [5.74, 6) is -0.767. The van der Waals surface area contributed by atoms with Crippen LogP contribution in [0.4, 0.5) is 17.1 Å². The number of carbonyl (C=O) groups is 1. The van der Waals surface area contributed by atoms with Gasteiger partial charge in [-0.2, -0.15) is 8.42 Å². The lowest BCUT2D eigenvalue weighted by atomic mass is 10.0. The minimum absolute atomic E-state index is 0.0411. The second-order valence-electron chi connectivity index (χ2n) is 8.10. The first-order valence-electron chi connectivity index (χ1n) is 11.1. The molecule has 0 aliphatic rings. The molecule has 0 spiro atoms. The van der Waals surface area contributed by atoms with Gasteiger partial charge in [0, 0.05) is 10.4 Å². The normalized spacial score (nSPS) is 11.7. The maximum atomic E-state index is 13.2. The third-order valence-corrected chi connectivity index (χ3v) is 7.30. The quantitative estimate of drug-likeness (QED) is 0.156. The number of hydrogen-bond acceptors (Lipinski definition) is 7. The van der Waals surface area contributed by atoms with Crippen molar-refractivity contribution >= 4 is 67.1 Å². The van der Waals surface area contributed by atoms with Gasteiger partial charge in [0.05, 0.1) is 23.4 Å². The van der Waals surface area contributed by atoms with E-state index in [1.165, 1.54) is 31.4 Å². The van der Waals surface area contributed by atoms with Gasteiger partial charge in [-0.05, 0) is 53.8 Å². The molecule has 0 saturated carbocycles. The van der Waals surface area contributed by atoms with Crippen LogP contribution >= 0.6 is 23.2 Å². The molecule has 0 fully saturated rings. The summed E-state index contributed by atoms with van der Waals surface area (Å²) in [6, 6.07) is 15.8. The molecule has 0 aliphatic carbocycles. The van der Waals surface area contributed by atoms with Gasteiger partial charge < -0.3 is 15.2 Å². The van der Waals surface area contributed by atoms with Crippen LogP contribution in [0.3, 0.4) is 0 Å². The number of ether oxygens (including phenoxy) is 1. The van der Waals surface area contributed by atoms with Crippen LogP contribution in [-0.4, -0.2) is 31.1 Å². The molecule has 9 nitrogen and oxygen atoms in total. The van der Waals surface area contributed by atoms with E-state index in [-0.39, 0.29) is 22.0 Å². The second kappa shape index (κ2) is 11.0. The lowest BCUT2D eigenvalue weighted by Crippen LogP contribution is -2.13. The van der Waals surface area contributed by atoms with Gasteiger partial charge in [0.15, 0.2) is 5.75 Å². The first-order chi connectivity index (χ1) is 18.0. The highest BCUT2D eigenvalue weighted by Gasteiger charge is 2.21. The number of anilines is 1. The predicted octanol–water partition coefficient (Wildman–Crippen LogP) is 7.34. The van der Waals surface area contributed by atoms with E-state index in [0.717, 1.165) is 0 Å². The van der Waals surface area contributed by atoms with Gasteiger partial charge in [-0.1, -0.05) is 54.4 Å². The zero-order valence-corrected chi connectivity index (χ0v) is 22.4. The molecule has 196 valence electrons. The van der Waals surface area contributed by atoms with Crippen LogP contribution in [0.5, 0.6) is 11.5 Å². The summed E-state index contributed by atoms with van der Waals surface area (Å²) in [4.78, 5) is 12.7. The standard InChI is InChI=1S/C26H21Cl2N3O6S/c1-3-14-10-20(23(28)22(11-14)38(34,35)36)30-31-24-17-7-5-4-6-15(17)12-18(25(24)32)26(33)29-19-13-16(27)8-9-21(19)37-2/h4-13,32H,3H2,1-2H3,(H,29,33)(H,34,35,36). The molecule has 4 aromatic rings. The maximum absolute atomic E-state index is 13.2. The first-order valence-corrected chi connectivity index (χ1v) is 13.3. The van der Waals surface area contributed by atoms with E-state index in [4.69, 9.17) is 27.9 Å². The number of rotatable bonds is 7. The Bertz CT molecular complexity index is 1710. The van der Waals surface area contributed by atoms with Gasteiger partial charge in [0.2, 0.25) is 0 Å². The van der Waals surface area contributed by atoms with Gasteiger partial charge in [0.25, 0.3) is 16.0 Å². The van der Waals surface area contributed by atoms with E-state index < -0.39 is 26.7 Å². The summed E-state index contributed by atoms with van der Waals surface area (Å²) in [6.07, 6.45) is 0.430. The van der Waals surface area contributed by atoms with Crippen molar-refractivity contribution in [2.75, 3.05) is 12.4 Å². The number of phenols is 1. The molecule has 0 aromatic heterocycles. The molecule has 12 heteroatoms. The Kier molecular flexibility index (Phi) is 7.89. The molecular formula is C26H21Cl2N3O6S. The lowest BCUT2D eigenvalue weighted by molar-refractivity contribution is 0.102. The van der Waals surface area contributed by atoms with E-state index >= 15 is 0 Å². The third-order valence-electron chi connectivity index (χ3n) is 5.67. The highest BCUT2D eigenvalue weighted by molar-refractivity contribution is 7.86. The number of methoxy groups -OCH3 is 1. The highest BCUT2D eigenvalue weighted by atomic mass is 35.5. The number of carbonyl (C=O) groups excluding carboxylic acids is 1. The monoisotopic (exact) mass is 573 g/mol. The molecule has 0 saturated heterocycles. The molecule has 4 rings (SSSR count). The van der Waals surface area contributed by atoms with Gasteiger partial charge >= 0.3 is 0 Å². The Morgan fingerprint density at radius 2 is 1.79 bits per heavy atom. The number of benzene rings is 4. The zero-order chi connectivity index (χ0) is 27.6. The second-order valence-corrected chi connectivity index (χ2v) is 10.3.